The van der Waals surface area contributed by atoms with Gasteiger partial charge in [0.05, 0.1) is 21.7 Å². The van der Waals surface area contributed by atoms with E-state index in [1.807, 2.05) is 13.8 Å². The van der Waals surface area contributed by atoms with Crippen molar-refractivity contribution in [2.45, 2.75) is 25.2 Å². The van der Waals surface area contributed by atoms with Gasteiger partial charge in [-0.3, -0.25) is 19.3 Å². The van der Waals surface area contributed by atoms with Crippen LogP contribution < -0.4 is 4.31 Å². The number of anilines is 1. The molecule has 0 saturated heterocycles. The van der Waals surface area contributed by atoms with E-state index in [4.69, 9.17) is 0 Å². The van der Waals surface area contributed by atoms with E-state index in [-0.39, 0.29) is 21.7 Å². The summed E-state index contributed by atoms with van der Waals surface area (Å²) in [5.41, 5.74) is 2.35. The maximum absolute atomic E-state index is 13.5. The first-order valence-corrected chi connectivity index (χ1v) is 11.9. The summed E-state index contributed by atoms with van der Waals surface area (Å²) in [6.45, 7) is 3.08. The molecule has 0 radical (unpaired) electrons. The predicted octanol–water partition coefficient (Wildman–Crippen LogP) is 3.58. The molecule has 7 nitrogen and oxygen atoms in total. The highest BCUT2D eigenvalue weighted by atomic mass is 32.2. The van der Waals surface area contributed by atoms with Gasteiger partial charge < -0.3 is 0 Å². The van der Waals surface area contributed by atoms with Gasteiger partial charge in [-0.1, -0.05) is 48.9 Å². The van der Waals surface area contributed by atoms with Gasteiger partial charge in [-0.2, -0.15) is 0 Å². The Bertz CT molecular complexity index is 1310. The number of nitrogens with zero attached hydrogens (tertiary/aromatic N) is 2. The second-order valence-corrected chi connectivity index (χ2v) is 9.52. The highest BCUT2D eigenvalue weighted by Gasteiger charge is 2.39. The third-order valence-corrected chi connectivity index (χ3v) is 7.30. The molecular weight excluding hydrogens is 440 g/mol. The van der Waals surface area contributed by atoms with Gasteiger partial charge in [0, 0.05) is 0 Å². The van der Waals surface area contributed by atoms with E-state index >= 15 is 0 Å². The Morgan fingerprint density at radius 1 is 0.848 bits per heavy atom. The van der Waals surface area contributed by atoms with Crippen molar-refractivity contribution in [3.05, 3.63) is 95.1 Å². The molecule has 0 bridgehead atoms. The van der Waals surface area contributed by atoms with Crippen molar-refractivity contribution in [2.24, 2.45) is 0 Å². The van der Waals surface area contributed by atoms with Gasteiger partial charge in [-0.05, 0) is 55.3 Å². The van der Waals surface area contributed by atoms with Crippen LogP contribution in [0.4, 0.5) is 5.69 Å². The Hall–Kier alpha value is -3.78. The number of rotatable bonds is 6. The zero-order valence-electron chi connectivity index (χ0n) is 18.2. The first-order chi connectivity index (χ1) is 15.7. The lowest BCUT2D eigenvalue weighted by Gasteiger charge is -2.25. The summed E-state index contributed by atoms with van der Waals surface area (Å²) in [5, 5.41) is 0. The summed E-state index contributed by atoms with van der Waals surface area (Å²) < 4.78 is 27.7. The van der Waals surface area contributed by atoms with Crippen LogP contribution in [0.3, 0.4) is 0 Å². The number of hydrogen-bond acceptors (Lipinski definition) is 5. The number of aryl methyl sites for hydroxylation is 2. The molecule has 4 rings (SSSR count). The monoisotopic (exact) mass is 462 g/mol. The number of amides is 3. The van der Waals surface area contributed by atoms with Crippen molar-refractivity contribution in [1.82, 2.24) is 4.90 Å². The van der Waals surface area contributed by atoms with E-state index in [2.05, 4.69) is 0 Å². The number of carbonyl (C=O) groups excluding carboxylic acids is 3. The molecule has 1 aliphatic rings. The third kappa shape index (κ3) is 4.05. The standard InChI is InChI=1S/C25H22N2O5S/c1-3-18-10-12-19(13-11-18)27(33(31,32)20-14-8-17(2)9-15-20)23(28)16-26-24(29)21-6-4-5-7-22(21)25(26)30/h4-15H,3,16H2,1-2H3. The molecule has 0 aromatic heterocycles. The number of imide groups is 1. The topological polar surface area (TPSA) is 91.8 Å². The summed E-state index contributed by atoms with van der Waals surface area (Å²) in [7, 11) is -4.30. The minimum Gasteiger partial charge on any atom is -0.271 e. The Morgan fingerprint density at radius 3 is 1.91 bits per heavy atom. The minimum atomic E-state index is -4.30. The molecule has 0 atom stereocenters. The van der Waals surface area contributed by atoms with Crippen LogP contribution in [0, 0.1) is 6.92 Å². The Kier molecular flexibility index (Phi) is 5.86. The zero-order valence-corrected chi connectivity index (χ0v) is 19.0. The van der Waals surface area contributed by atoms with E-state index in [1.54, 1.807) is 48.5 Å². The number of fused-ring (bicyclic) bond motifs is 1. The van der Waals surface area contributed by atoms with Crippen LogP contribution in [0.1, 0.15) is 38.8 Å². The Labute approximate surface area is 192 Å². The van der Waals surface area contributed by atoms with Crippen molar-refractivity contribution in [3.8, 4) is 0 Å². The molecule has 168 valence electrons. The number of hydrogen-bond donors (Lipinski definition) is 0. The number of sulfonamides is 1. The van der Waals surface area contributed by atoms with Gasteiger partial charge in [-0.15, -0.1) is 0 Å². The third-order valence-electron chi connectivity index (χ3n) is 5.54. The lowest BCUT2D eigenvalue weighted by atomic mass is 10.1. The molecule has 0 unspecified atom stereocenters. The van der Waals surface area contributed by atoms with Gasteiger partial charge in [0.1, 0.15) is 6.54 Å². The molecule has 0 N–H and O–H groups in total. The quantitative estimate of drug-likeness (QED) is 0.522. The fraction of sp³-hybridized carbons (Fsp3) is 0.160. The van der Waals surface area contributed by atoms with Crippen molar-refractivity contribution in [1.29, 1.82) is 0 Å². The summed E-state index contributed by atoms with van der Waals surface area (Å²) in [6, 6.07) is 19.0. The average molecular weight is 463 g/mol. The van der Waals surface area contributed by atoms with Crippen LogP contribution >= 0.6 is 0 Å². The fourth-order valence-electron chi connectivity index (χ4n) is 3.68. The van der Waals surface area contributed by atoms with Crippen LogP contribution in [0.5, 0.6) is 0 Å². The zero-order chi connectivity index (χ0) is 23.8. The van der Waals surface area contributed by atoms with Crippen molar-refractivity contribution < 1.29 is 22.8 Å². The Balaban J connectivity index is 1.73. The second-order valence-electron chi connectivity index (χ2n) is 7.74. The van der Waals surface area contributed by atoms with Gasteiger partial charge in [0.15, 0.2) is 0 Å². The van der Waals surface area contributed by atoms with E-state index < -0.39 is 34.3 Å². The molecule has 0 saturated carbocycles. The molecule has 3 amide bonds. The average Bonchev–Trinajstić information content (AvgIpc) is 3.05. The SMILES string of the molecule is CCc1ccc(N(C(=O)CN2C(=O)c3ccccc3C2=O)S(=O)(=O)c2ccc(C)cc2)cc1. The molecule has 1 heterocycles. The van der Waals surface area contributed by atoms with E-state index in [0.717, 1.165) is 22.4 Å². The summed E-state index contributed by atoms with van der Waals surface area (Å²) in [6.07, 6.45) is 0.744. The fourth-order valence-corrected chi connectivity index (χ4v) is 5.10. The van der Waals surface area contributed by atoms with Gasteiger partial charge in [-0.25, -0.2) is 12.7 Å². The predicted molar refractivity (Wildman–Crippen MR) is 123 cm³/mol. The Morgan fingerprint density at radius 2 is 1.39 bits per heavy atom. The van der Waals surface area contributed by atoms with Crippen LogP contribution in [-0.2, 0) is 21.2 Å². The van der Waals surface area contributed by atoms with Crippen LogP contribution in [0.25, 0.3) is 0 Å². The van der Waals surface area contributed by atoms with E-state index in [1.165, 1.54) is 24.3 Å². The molecule has 3 aromatic rings. The molecule has 0 aliphatic carbocycles. The van der Waals surface area contributed by atoms with E-state index in [0.29, 0.717) is 4.31 Å². The minimum absolute atomic E-state index is 0.0663. The van der Waals surface area contributed by atoms with Crippen LogP contribution in [0.2, 0.25) is 0 Å². The lowest BCUT2D eigenvalue weighted by molar-refractivity contribution is -0.117. The van der Waals surface area contributed by atoms with Gasteiger partial charge in [0.2, 0.25) is 0 Å². The molecular formula is C25H22N2O5S. The van der Waals surface area contributed by atoms with E-state index in [9.17, 15) is 22.8 Å². The maximum Gasteiger partial charge on any atom is 0.270 e. The summed E-state index contributed by atoms with van der Waals surface area (Å²) in [5.74, 6) is -2.16. The van der Waals surface area contributed by atoms with Crippen LogP contribution in [-0.4, -0.2) is 37.6 Å². The van der Waals surface area contributed by atoms with Gasteiger partial charge in [0.25, 0.3) is 27.7 Å². The summed E-state index contributed by atoms with van der Waals surface area (Å²) in [4.78, 5) is 39.6. The maximum atomic E-state index is 13.5. The molecule has 0 spiro atoms. The number of benzene rings is 3. The van der Waals surface area contributed by atoms with Crippen molar-refractivity contribution >= 4 is 33.4 Å². The lowest BCUT2D eigenvalue weighted by Crippen LogP contribution is -2.45. The largest absolute Gasteiger partial charge is 0.271 e. The highest BCUT2D eigenvalue weighted by Crippen LogP contribution is 2.27. The van der Waals surface area contributed by atoms with Crippen molar-refractivity contribution in [3.63, 3.8) is 0 Å². The number of carbonyl (C=O) groups is 3. The smallest absolute Gasteiger partial charge is 0.270 e. The molecule has 33 heavy (non-hydrogen) atoms. The second kappa shape index (κ2) is 8.63. The van der Waals surface area contributed by atoms with Crippen LogP contribution in [0.15, 0.2) is 77.7 Å². The summed E-state index contributed by atoms with van der Waals surface area (Å²) >= 11 is 0. The van der Waals surface area contributed by atoms with Gasteiger partial charge >= 0.3 is 0 Å². The first kappa shape index (κ1) is 22.4. The normalized spacial score (nSPS) is 13.2. The molecule has 3 aromatic carbocycles. The first-order valence-electron chi connectivity index (χ1n) is 10.4. The van der Waals surface area contributed by atoms with Crippen molar-refractivity contribution in [2.75, 3.05) is 10.8 Å². The molecule has 0 fully saturated rings. The highest BCUT2D eigenvalue weighted by molar-refractivity contribution is 7.93. The molecule has 8 heteroatoms. The molecule has 1 aliphatic heterocycles.